The molecule has 2 aromatic heterocycles. The Morgan fingerprint density at radius 3 is 2.83 bits per heavy atom. The van der Waals surface area contributed by atoms with Crippen molar-refractivity contribution in [3.05, 3.63) is 33.5 Å². The molecule has 7 heteroatoms. The van der Waals surface area contributed by atoms with Gasteiger partial charge in [-0.05, 0) is 44.7 Å². The van der Waals surface area contributed by atoms with E-state index in [-0.39, 0.29) is 12.0 Å². The Kier molecular flexibility index (Phi) is 4.37. The molecule has 4 rings (SSSR count). The van der Waals surface area contributed by atoms with Gasteiger partial charge in [0.15, 0.2) is 5.82 Å². The van der Waals surface area contributed by atoms with Gasteiger partial charge in [0, 0.05) is 30.5 Å². The first-order valence-corrected chi connectivity index (χ1v) is 9.42. The second-order valence-corrected chi connectivity index (χ2v) is 7.66. The lowest BCUT2D eigenvalue weighted by Gasteiger charge is -2.30. The average molecular weight is 346 g/mol. The quantitative estimate of drug-likeness (QED) is 0.927. The van der Waals surface area contributed by atoms with Crippen molar-refractivity contribution in [3.63, 3.8) is 0 Å². The first-order valence-electron chi connectivity index (χ1n) is 8.60. The number of aromatic amines is 1. The molecule has 1 atom stereocenters. The van der Waals surface area contributed by atoms with Crippen LogP contribution in [-0.4, -0.2) is 45.7 Å². The van der Waals surface area contributed by atoms with Gasteiger partial charge in [-0.3, -0.25) is 9.89 Å². The Hall–Kier alpha value is -1.73. The average Bonchev–Trinajstić information content (AvgIpc) is 3.35. The predicted molar refractivity (Wildman–Crippen MR) is 91.2 cm³/mol. The highest BCUT2D eigenvalue weighted by Gasteiger charge is 2.28. The predicted octanol–water partition coefficient (Wildman–Crippen LogP) is 3.05. The fourth-order valence-corrected chi connectivity index (χ4v) is 4.54. The highest BCUT2D eigenvalue weighted by Crippen LogP contribution is 2.34. The molecule has 24 heavy (non-hydrogen) atoms. The second-order valence-electron chi connectivity index (χ2n) is 6.55. The number of thiophene rings is 1. The number of piperidine rings is 1. The summed E-state index contributed by atoms with van der Waals surface area (Å²) in [6.07, 6.45) is 4.21. The second kappa shape index (κ2) is 6.64. The third kappa shape index (κ3) is 3.10. The van der Waals surface area contributed by atoms with E-state index in [1.807, 2.05) is 17.9 Å². The molecule has 128 valence electrons. The molecule has 6 nitrogen and oxygen atoms in total. The summed E-state index contributed by atoms with van der Waals surface area (Å²) in [7, 11) is 0. The summed E-state index contributed by atoms with van der Waals surface area (Å²) < 4.78 is 5.71. The summed E-state index contributed by atoms with van der Waals surface area (Å²) in [4.78, 5) is 21.1. The molecule has 2 saturated heterocycles. The summed E-state index contributed by atoms with van der Waals surface area (Å²) in [5.74, 6) is 2.23. The van der Waals surface area contributed by atoms with Gasteiger partial charge in [0.1, 0.15) is 5.82 Å². The van der Waals surface area contributed by atoms with E-state index in [1.54, 1.807) is 11.3 Å². The molecule has 0 aromatic carbocycles. The zero-order valence-corrected chi connectivity index (χ0v) is 14.6. The molecule has 2 aliphatic rings. The van der Waals surface area contributed by atoms with Gasteiger partial charge < -0.3 is 9.64 Å². The molecule has 2 aromatic rings. The number of aromatic nitrogens is 3. The van der Waals surface area contributed by atoms with Crippen LogP contribution in [0.15, 0.2) is 12.1 Å². The first kappa shape index (κ1) is 15.8. The summed E-state index contributed by atoms with van der Waals surface area (Å²) in [5.41, 5.74) is 0. The van der Waals surface area contributed by atoms with Gasteiger partial charge in [-0.15, -0.1) is 11.3 Å². The lowest BCUT2D eigenvalue weighted by Crippen LogP contribution is -2.37. The van der Waals surface area contributed by atoms with E-state index in [0.29, 0.717) is 5.92 Å². The minimum absolute atomic E-state index is 0.147. The van der Waals surface area contributed by atoms with Gasteiger partial charge in [-0.2, -0.15) is 5.10 Å². The van der Waals surface area contributed by atoms with Crippen LogP contribution in [0.25, 0.3) is 0 Å². The van der Waals surface area contributed by atoms with Gasteiger partial charge in [-0.25, -0.2) is 4.98 Å². The number of rotatable bonds is 3. The summed E-state index contributed by atoms with van der Waals surface area (Å²) in [6.45, 7) is 4.28. The maximum atomic E-state index is 12.7. The lowest BCUT2D eigenvalue weighted by molar-refractivity contribution is 0.0716. The normalized spacial score (nSPS) is 22.2. The van der Waals surface area contributed by atoms with Gasteiger partial charge in [0.25, 0.3) is 5.91 Å². The molecule has 0 radical (unpaired) electrons. The molecular weight excluding hydrogens is 324 g/mol. The molecule has 0 aliphatic carbocycles. The smallest absolute Gasteiger partial charge is 0.263 e. The minimum Gasteiger partial charge on any atom is -0.373 e. The van der Waals surface area contributed by atoms with Crippen LogP contribution < -0.4 is 0 Å². The lowest BCUT2D eigenvalue weighted by atomic mass is 9.96. The molecule has 1 amide bonds. The van der Waals surface area contributed by atoms with Crippen molar-refractivity contribution < 1.29 is 9.53 Å². The van der Waals surface area contributed by atoms with Crippen molar-refractivity contribution in [2.75, 3.05) is 19.7 Å². The molecule has 4 heterocycles. The standard InChI is InChI=1S/C17H22N4O2S/c1-11-18-16(20-19-11)12-6-8-21(9-7-12)17(22)15-5-4-14(24-15)13-3-2-10-23-13/h4-5,12-13H,2-3,6-10H2,1H3,(H,18,19,20)/t13-/m0/s1. The number of nitrogens with one attached hydrogen (secondary N) is 1. The summed E-state index contributed by atoms with van der Waals surface area (Å²) in [5, 5.41) is 7.17. The van der Waals surface area contributed by atoms with Crippen LogP contribution in [0.3, 0.4) is 0 Å². The Bertz CT molecular complexity index is 712. The van der Waals surface area contributed by atoms with Gasteiger partial charge in [0.2, 0.25) is 0 Å². The van der Waals surface area contributed by atoms with E-state index in [2.05, 4.69) is 21.2 Å². The minimum atomic E-state index is 0.147. The molecule has 2 aliphatic heterocycles. The molecule has 0 spiro atoms. The zero-order valence-electron chi connectivity index (χ0n) is 13.8. The third-order valence-corrected chi connectivity index (χ3v) is 6.01. The van der Waals surface area contributed by atoms with Crippen molar-refractivity contribution in [1.82, 2.24) is 20.1 Å². The van der Waals surface area contributed by atoms with E-state index in [4.69, 9.17) is 4.74 Å². The van der Waals surface area contributed by atoms with Crippen molar-refractivity contribution in [1.29, 1.82) is 0 Å². The molecule has 2 fully saturated rings. The number of aryl methyl sites for hydroxylation is 1. The number of nitrogens with zero attached hydrogens (tertiary/aromatic N) is 3. The van der Waals surface area contributed by atoms with Gasteiger partial charge >= 0.3 is 0 Å². The maximum Gasteiger partial charge on any atom is 0.263 e. The summed E-state index contributed by atoms with van der Waals surface area (Å²) >= 11 is 1.59. The first-order chi connectivity index (χ1) is 11.7. The molecule has 1 N–H and O–H groups in total. The van der Waals surface area contributed by atoms with Crippen LogP contribution >= 0.6 is 11.3 Å². The van der Waals surface area contributed by atoms with Crippen LogP contribution in [0, 0.1) is 6.92 Å². The van der Waals surface area contributed by atoms with Crippen molar-refractivity contribution >= 4 is 17.2 Å². The van der Waals surface area contributed by atoms with E-state index in [1.165, 1.54) is 4.88 Å². The Morgan fingerprint density at radius 2 is 2.17 bits per heavy atom. The number of likely N-dealkylation sites (tertiary alicyclic amines) is 1. The Morgan fingerprint density at radius 1 is 1.33 bits per heavy atom. The number of hydrogen-bond acceptors (Lipinski definition) is 5. The van der Waals surface area contributed by atoms with Crippen LogP contribution in [0.1, 0.15) is 63.9 Å². The monoisotopic (exact) mass is 346 g/mol. The molecule has 0 saturated carbocycles. The van der Waals surface area contributed by atoms with E-state index in [9.17, 15) is 4.79 Å². The highest BCUT2D eigenvalue weighted by molar-refractivity contribution is 7.14. The van der Waals surface area contributed by atoms with Crippen LogP contribution in [-0.2, 0) is 4.74 Å². The molecule has 0 unspecified atom stereocenters. The van der Waals surface area contributed by atoms with Crippen LogP contribution in [0.4, 0.5) is 0 Å². The largest absolute Gasteiger partial charge is 0.373 e. The number of ether oxygens (including phenoxy) is 1. The van der Waals surface area contributed by atoms with Crippen molar-refractivity contribution in [2.45, 2.75) is 44.6 Å². The SMILES string of the molecule is Cc1nc(C2CCN(C(=O)c3ccc([C@@H]4CCCO4)s3)CC2)n[nH]1. The van der Waals surface area contributed by atoms with E-state index < -0.39 is 0 Å². The number of amides is 1. The van der Waals surface area contributed by atoms with Crippen LogP contribution in [0.2, 0.25) is 0 Å². The number of H-pyrrole nitrogens is 1. The van der Waals surface area contributed by atoms with E-state index >= 15 is 0 Å². The summed E-state index contributed by atoms with van der Waals surface area (Å²) in [6, 6.07) is 4.01. The fraction of sp³-hybridized carbons (Fsp3) is 0.588. The fourth-order valence-electron chi connectivity index (χ4n) is 3.48. The highest BCUT2D eigenvalue weighted by atomic mass is 32.1. The molecular formula is C17H22N4O2S. The molecule has 0 bridgehead atoms. The van der Waals surface area contributed by atoms with Gasteiger partial charge in [-0.1, -0.05) is 0 Å². The number of hydrogen-bond donors (Lipinski definition) is 1. The Labute approximate surface area is 145 Å². The zero-order chi connectivity index (χ0) is 16.5. The van der Waals surface area contributed by atoms with Gasteiger partial charge in [0.05, 0.1) is 11.0 Å². The van der Waals surface area contributed by atoms with E-state index in [0.717, 1.165) is 61.9 Å². The Balaban J connectivity index is 1.37. The topological polar surface area (TPSA) is 71.1 Å². The van der Waals surface area contributed by atoms with Crippen molar-refractivity contribution in [3.8, 4) is 0 Å². The van der Waals surface area contributed by atoms with Crippen molar-refractivity contribution in [2.24, 2.45) is 0 Å². The third-order valence-electron chi connectivity index (χ3n) is 4.85. The number of carbonyl (C=O) groups is 1. The van der Waals surface area contributed by atoms with Crippen LogP contribution in [0.5, 0.6) is 0 Å². The number of carbonyl (C=O) groups excluding carboxylic acids is 1. The maximum absolute atomic E-state index is 12.7.